The Morgan fingerprint density at radius 2 is 1.75 bits per heavy atom. The fraction of sp³-hybridized carbons (Fsp3) is 0.667. The number of amides is 4. The van der Waals surface area contributed by atoms with E-state index in [1.807, 2.05) is 0 Å². The normalized spacial score (nSPS) is 24.0. The van der Waals surface area contributed by atoms with Gasteiger partial charge in [0.05, 0.1) is 13.2 Å². The van der Waals surface area contributed by atoms with Crippen LogP contribution in [0.3, 0.4) is 0 Å². The molecule has 0 radical (unpaired) electrons. The molecule has 1 aromatic carbocycles. The summed E-state index contributed by atoms with van der Waals surface area (Å²) in [5.74, 6) is -3.70. The Labute approximate surface area is 235 Å². The second kappa shape index (κ2) is 13.1. The van der Waals surface area contributed by atoms with Crippen LogP contribution in [0, 0.1) is 11.7 Å². The van der Waals surface area contributed by atoms with Crippen LogP contribution in [0.4, 0.5) is 13.6 Å². The Balaban J connectivity index is 1.59. The highest BCUT2D eigenvalue weighted by Gasteiger charge is 2.46. The molecule has 1 aromatic rings. The van der Waals surface area contributed by atoms with Crippen molar-refractivity contribution in [3.63, 3.8) is 0 Å². The standard InChI is InChI=1S/C27H37F2N3O7S/c1-27(2,3)40(36)31-23(19-14-18(4-5-21(19)28)39-17-8-12-38-13-9-17)22(29)15-20-24(33)30-26(35)32(25(20)34)16-6-10-37-11-7-16/h4-5,14,16-17,20,22-23,31H,6-13,15H2,1-3H3,(H,30,33,35)/t20?,22?,23?,40-/m1/s1. The van der Waals surface area contributed by atoms with Crippen molar-refractivity contribution in [1.82, 2.24) is 14.9 Å². The second-order valence-electron chi connectivity index (χ2n) is 11.2. The molecule has 3 aliphatic heterocycles. The zero-order valence-electron chi connectivity index (χ0n) is 23.0. The van der Waals surface area contributed by atoms with Gasteiger partial charge in [0.15, 0.2) is 0 Å². The zero-order chi connectivity index (χ0) is 29.0. The minimum atomic E-state index is -2.02. The number of nitrogens with one attached hydrogen (secondary N) is 2. The average Bonchev–Trinajstić information content (AvgIpc) is 2.91. The first-order chi connectivity index (χ1) is 19.0. The topological polar surface area (TPSA) is 129 Å². The van der Waals surface area contributed by atoms with Gasteiger partial charge in [0.2, 0.25) is 11.8 Å². The minimum absolute atomic E-state index is 0.143. The van der Waals surface area contributed by atoms with Crippen LogP contribution in [0.15, 0.2) is 18.2 Å². The third kappa shape index (κ3) is 7.30. The van der Waals surface area contributed by atoms with Crippen molar-refractivity contribution in [3.8, 4) is 5.75 Å². The number of barbiturate groups is 1. The van der Waals surface area contributed by atoms with Crippen LogP contribution in [0.1, 0.15) is 64.5 Å². The molecule has 0 aromatic heterocycles. The summed E-state index contributed by atoms with van der Waals surface area (Å²) in [7, 11) is 0. The summed E-state index contributed by atoms with van der Waals surface area (Å²) in [6.07, 6.45) is -0.728. The SMILES string of the molecule is CC(C)(C)[S@@+]([O-])NC(c1cc(OC2CCOCC2)ccc1F)C(F)CC1C(=O)NC(=O)N(C2CCOCC2)C1=O. The molecule has 3 unspecified atom stereocenters. The minimum Gasteiger partial charge on any atom is -0.598 e. The quantitative estimate of drug-likeness (QED) is 0.334. The van der Waals surface area contributed by atoms with Gasteiger partial charge in [-0.15, -0.1) is 4.72 Å². The molecule has 3 heterocycles. The molecule has 4 rings (SSSR count). The lowest BCUT2D eigenvalue weighted by molar-refractivity contribution is -0.146. The number of benzene rings is 1. The number of nitrogens with zero attached hydrogens (tertiary/aromatic N) is 1. The molecule has 3 fully saturated rings. The number of rotatable bonds is 9. The first-order valence-electron chi connectivity index (χ1n) is 13.6. The van der Waals surface area contributed by atoms with Gasteiger partial charge in [-0.05, 0) is 51.8 Å². The van der Waals surface area contributed by atoms with Crippen molar-refractivity contribution in [2.45, 2.75) is 82.0 Å². The van der Waals surface area contributed by atoms with Crippen molar-refractivity contribution in [2.75, 3.05) is 26.4 Å². The number of alkyl halides is 1. The third-order valence-electron chi connectivity index (χ3n) is 7.24. The third-order valence-corrected chi connectivity index (χ3v) is 8.82. The molecule has 13 heteroatoms. The van der Waals surface area contributed by atoms with Gasteiger partial charge in [0, 0.05) is 55.4 Å². The second-order valence-corrected chi connectivity index (χ2v) is 13.2. The lowest BCUT2D eigenvalue weighted by atomic mass is 9.90. The maximum Gasteiger partial charge on any atom is 0.331 e. The van der Waals surface area contributed by atoms with E-state index >= 15 is 8.78 Å². The van der Waals surface area contributed by atoms with Gasteiger partial charge in [-0.25, -0.2) is 13.6 Å². The van der Waals surface area contributed by atoms with Crippen LogP contribution in [-0.2, 0) is 30.4 Å². The van der Waals surface area contributed by atoms with Crippen molar-refractivity contribution < 1.29 is 41.9 Å². The lowest BCUT2D eigenvalue weighted by Gasteiger charge is -2.38. The fourth-order valence-corrected chi connectivity index (χ4v) is 5.79. The van der Waals surface area contributed by atoms with Crippen LogP contribution in [0.2, 0.25) is 0 Å². The summed E-state index contributed by atoms with van der Waals surface area (Å²) >= 11 is -1.83. The van der Waals surface area contributed by atoms with E-state index in [0.717, 1.165) is 11.0 Å². The Hall–Kier alpha value is -2.32. The average molecular weight is 586 g/mol. The van der Waals surface area contributed by atoms with Gasteiger partial charge in [-0.1, -0.05) is 0 Å². The zero-order valence-corrected chi connectivity index (χ0v) is 23.8. The van der Waals surface area contributed by atoms with E-state index in [2.05, 4.69) is 10.0 Å². The number of imide groups is 2. The molecule has 0 saturated carbocycles. The van der Waals surface area contributed by atoms with E-state index in [1.165, 1.54) is 12.1 Å². The van der Waals surface area contributed by atoms with Crippen LogP contribution >= 0.6 is 0 Å². The van der Waals surface area contributed by atoms with Gasteiger partial charge in [-0.2, -0.15) is 0 Å². The van der Waals surface area contributed by atoms with E-state index in [0.29, 0.717) is 57.9 Å². The van der Waals surface area contributed by atoms with Crippen LogP contribution in [-0.4, -0.2) is 76.8 Å². The monoisotopic (exact) mass is 585 g/mol. The molecular weight excluding hydrogens is 548 g/mol. The number of halogens is 2. The first-order valence-corrected chi connectivity index (χ1v) is 14.7. The molecule has 10 nitrogen and oxygen atoms in total. The maximum absolute atomic E-state index is 16.2. The largest absolute Gasteiger partial charge is 0.598 e. The Bertz CT molecular complexity index is 1080. The van der Waals surface area contributed by atoms with E-state index in [4.69, 9.17) is 14.2 Å². The maximum atomic E-state index is 16.2. The first kappa shape index (κ1) is 30.6. The van der Waals surface area contributed by atoms with E-state index in [1.54, 1.807) is 20.8 Å². The molecule has 222 valence electrons. The van der Waals surface area contributed by atoms with E-state index in [9.17, 15) is 18.9 Å². The predicted molar refractivity (Wildman–Crippen MR) is 142 cm³/mol. The summed E-state index contributed by atoms with van der Waals surface area (Å²) in [4.78, 5) is 39.5. The summed E-state index contributed by atoms with van der Waals surface area (Å²) in [6.45, 7) is 6.80. The van der Waals surface area contributed by atoms with Crippen molar-refractivity contribution >= 4 is 29.2 Å². The highest BCUT2D eigenvalue weighted by Crippen LogP contribution is 2.34. The van der Waals surface area contributed by atoms with Gasteiger partial charge < -0.3 is 18.8 Å². The molecule has 4 amide bonds. The molecule has 4 atom stereocenters. The number of hydrogen-bond acceptors (Lipinski definition) is 8. The Morgan fingerprint density at radius 3 is 2.38 bits per heavy atom. The van der Waals surface area contributed by atoms with Crippen molar-refractivity contribution in [1.29, 1.82) is 0 Å². The molecule has 0 spiro atoms. The van der Waals surface area contributed by atoms with Gasteiger partial charge >= 0.3 is 6.03 Å². The summed E-state index contributed by atoms with van der Waals surface area (Å²) in [6, 6.07) is 1.14. The summed E-state index contributed by atoms with van der Waals surface area (Å²) < 4.78 is 62.9. The predicted octanol–water partition coefficient (Wildman–Crippen LogP) is 3.08. The molecule has 0 aliphatic carbocycles. The van der Waals surface area contributed by atoms with Crippen LogP contribution in [0.5, 0.6) is 5.75 Å². The van der Waals surface area contributed by atoms with Crippen molar-refractivity contribution in [3.05, 3.63) is 29.6 Å². The Morgan fingerprint density at radius 1 is 1.12 bits per heavy atom. The molecule has 40 heavy (non-hydrogen) atoms. The van der Waals surface area contributed by atoms with Crippen LogP contribution < -0.4 is 14.8 Å². The molecule has 3 aliphatic rings. The van der Waals surface area contributed by atoms with Gasteiger partial charge in [0.25, 0.3) is 0 Å². The summed E-state index contributed by atoms with van der Waals surface area (Å²) in [5, 5.41) is 2.16. The highest BCUT2D eigenvalue weighted by molar-refractivity contribution is 7.90. The highest BCUT2D eigenvalue weighted by atomic mass is 32.2. The number of carbonyl (C=O) groups excluding carboxylic acids is 3. The number of ether oxygens (including phenoxy) is 3. The fourth-order valence-electron chi connectivity index (χ4n) is 4.94. The van der Waals surface area contributed by atoms with E-state index < -0.39 is 70.4 Å². The van der Waals surface area contributed by atoms with E-state index in [-0.39, 0.29) is 11.7 Å². The summed E-state index contributed by atoms with van der Waals surface area (Å²) in [5.41, 5.74) is -0.143. The smallest absolute Gasteiger partial charge is 0.331 e. The van der Waals surface area contributed by atoms with Gasteiger partial charge in [-0.3, -0.25) is 19.8 Å². The number of carbonyl (C=O) groups is 3. The van der Waals surface area contributed by atoms with Crippen molar-refractivity contribution in [2.24, 2.45) is 5.92 Å². The lowest BCUT2D eigenvalue weighted by Crippen LogP contribution is -2.62. The molecular formula is C27H37F2N3O7S. The number of urea groups is 1. The molecule has 3 saturated heterocycles. The number of hydrogen-bond donors (Lipinski definition) is 2. The Kier molecular flexibility index (Phi) is 10.0. The van der Waals surface area contributed by atoms with Crippen LogP contribution in [0.25, 0.3) is 0 Å². The van der Waals surface area contributed by atoms with Gasteiger partial charge in [0.1, 0.15) is 40.5 Å². The molecule has 0 bridgehead atoms. The molecule has 2 N–H and O–H groups in total.